The molecule has 2 amide bonds. The van der Waals surface area contributed by atoms with E-state index in [2.05, 4.69) is 13.8 Å². The molecule has 0 bridgehead atoms. The molecule has 2 unspecified atom stereocenters. The number of carbonyl (C=O) groups excluding carboxylic acids is 2. The van der Waals surface area contributed by atoms with E-state index in [0.29, 0.717) is 11.5 Å². The summed E-state index contributed by atoms with van der Waals surface area (Å²) in [5.41, 5.74) is 6.55. The van der Waals surface area contributed by atoms with E-state index >= 15 is 0 Å². The van der Waals surface area contributed by atoms with Gasteiger partial charge in [-0.3, -0.25) is 20.4 Å². The Bertz CT molecular complexity index is 949. The van der Waals surface area contributed by atoms with Gasteiger partial charge in [0.25, 0.3) is 11.8 Å². The number of carboxylic acid groups (broad SMARTS) is 2. The molecule has 0 aliphatic rings. The largest absolute Gasteiger partial charge is 0.484 e. The highest BCUT2D eigenvalue weighted by atomic mass is 16.5. The molecule has 0 heterocycles. The van der Waals surface area contributed by atoms with Crippen molar-refractivity contribution in [3.63, 3.8) is 0 Å². The van der Waals surface area contributed by atoms with Gasteiger partial charge in [-0.15, -0.1) is 0 Å². The number of aliphatic hydroxyl groups is 2. The van der Waals surface area contributed by atoms with Gasteiger partial charge in [-0.1, -0.05) is 51.0 Å². The standard InChI is InChI=1S/2C11H16N2O2.C4H6O6/c2*1-2-3-9-4-6-10(7-5-9)15-8-11(14)13-12;5-1(3(7)8)2(6)4(9)10/h2*4-7H,2-3,8,12H2,1H3,(H,13,14);1-2,5-6H,(H,7,8)(H,9,10). The van der Waals surface area contributed by atoms with Crippen LogP contribution in [0.3, 0.4) is 0 Å². The summed E-state index contributed by atoms with van der Waals surface area (Å²) in [7, 11) is 0. The lowest BCUT2D eigenvalue weighted by atomic mass is 10.1. The van der Waals surface area contributed by atoms with Gasteiger partial charge < -0.3 is 29.9 Å². The number of nitrogens with two attached hydrogens (primary N) is 2. The third-order valence-electron chi connectivity index (χ3n) is 4.79. The minimum atomic E-state index is -2.27. The highest BCUT2D eigenvalue weighted by molar-refractivity contribution is 5.83. The molecular weight excluding hydrogens is 528 g/mol. The van der Waals surface area contributed by atoms with Crippen LogP contribution in [0.1, 0.15) is 37.8 Å². The molecule has 222 valence electrons. The summed E-state index contributed by atoms with van der Waals surface area (Å²) in [6, 6.07) is 15.4. The Labute approximate surface area is 231 Å². The molecule has 14 nitrogen and oxygen atoms in total. The first-order valence-corrected chi connectivity index (χ1v) is 12.2. The van der Waals surface area contributed by atoms with Crippen molar-refractivity contribution in [1.82, 2.24) is 10.9 Å². The van der Waals surface area contributed by atoms with E-state index in [1.54, 1.807) is 0 Å². The maximum atomic E-state index is 10.8. The first-order valence-electron chi connectivity index (χ1n) is 12.2. The van der Waals surface area contributed by atoms with Crippen molar-refractivity contribution in [2.24, 2.45) is 11.7 Å². The smallest absolute Gasteiger partial charge is 0.335 e. The van der Waals surface area contributed by atoms with Gasteiger partial charge in [0, 0.05) is 0 Å². The Morgan fingerprint density at radius 1 is 0.675 bits per heavy atom. The number of aliphatic hydroxyl groups excluding tert-OH is 2. The monoisotopic (exact) mass is 566 g/mol. The van der Waals surface area contributed by atoms with Gasteiger partial charge in [-0.05, 0) is 48.2 Å². The molecule has 0 aromatic heterocycles. The normalized spacial score (nSPS) is 11.2. The van der Waals surface area contributed by atoms with Crippen LogP contribution in [0.15, 0.2) is 48.5 Å². The number of hydrogen-bond donors (Lipinski definition) is 8. The number of nitrogens with one attached hydrogen (secondary N) is 2. The van der Waals surface area contributed by atoms with E-state index in [0.717, 1.165) is 25.7 Å². The Morgan fingerprint density at radius 3 is 1.20 bits per heavy atom. The van der Waals surface area contributed by atoms with Crippen molar-refractivity contribution >= 4 is 23.8 Å². The molecule has 0 aliphatic carbocycles. The zero-order valence-corrected chi connectivity index (χ0v) is 22.4. The molecule has 40 heavy (non-hydrogen) atoms. The van der Waals surface area contributed by atoms with Gasteiger partial charge in [0.1, 0.15) is 11.5 Å². The fourth-order valence-electron chi connectivity index (χ4n) is 2.73. The quantitative estimate of drug-likeness (QED) is 0.0899. The number of benzene rings is 2. The van der Waals surface area contributed by atoms with Crippen LogP contribution in [-0.4, -0.2) is 69.6 Å². The lowest BCUT2D eigenvalue weighted by Crippen LogP contribution is -2.39. The second kappa shape index (κ2) is 20.7. The van der Waals surface area contributed by atoms with Crippen LogP contribution < -0.4 is 32.0 Å². The molecular formula is C26H38N4O10. The summed E-state index contributed by atoms with van der Waals surface area (Å²) in [6.07, 6.45) is -0.173. The van der Waals surface area contributed by atoms with Crippen molar-refractivity contribution in [3.05, 3.63) is 59.7 Å². The summed E-state index contributed by atoms with van der Waals surface area (Å²) in [6.45, 7) is 4.17. The number of aryl methyl sites for hydroxylation is 2. The molecule has 2 aromatic carbocycles. The summed E-state index contributed by atoms with van der Waals surface area (Å²) in [5, 5.41) is 32.5. The highest BCUT2D eigenvalue weighted by Crippen LogP contribution is 2.14. The van der Waals surface area contributed by atoms with Gasteiger partial charge in [0.15, 0.2) is 25.4 Å². The van der Waals surface area contributed by atoms with Crippen LogP contribution in [0.4, 0.5) is 0 Å². The minimum absolute atomic E-state index is 0.0520. The zero-order chi connectivity index (χ0) is 30.5. The van der Waals surface area contributed by atoms with Crippen LogP contribution in [-0.2, 0) is 32.0 Å². The van der Waals surface area contributed by atoms with Crippen molar-refractivity contribution in [2.75, 3.05) is 13.2 Å². The molecule has 2 rings (SSSR count). The summed E-state index contributed by atoms with van der Waals surface area (Å²) >= 11 is 0. The Balaban J connectivity index is 0.000000585. The average molecular weight is 567 g/mol. The van der Waals surface area contributed by atoms with E-state index in [4.69, 9.17) is 41.6 Å². The predicted molar refractivity (Wildman–Crippen MR) is 144 cm³/mol. The number of hydrazine groups is 2. The van der Waals surface area contributed by atoms with Gasteiger partial charge in [-0.2, -0.15) is 0 Å². The van der Waals surface area contributed by atoms with Crippen LogP contribution in [0.25, 0.3) is 0 Å². The first-order chi connectivity index (χ1) is 19.0. The minimum Gasteiger partial charge on any atom is -0.484 e. The van der Waals surface area contributed by atoms with Gasteiger partial charge >= 0.3 is 11.9 Å². The predicted octanol–water partition coefficient (Wildman–Crippen LogP) is -0.107. The summed E-state index contributed by atoms with van der Waals surface area (Å²) in [5.74, 6) is 6.98. The lowest BCUT2D eigenvalue weighted by Gasteiger charge is -2.07. The Morgan fingerprint density at radius 2 is 0.975 bits per heavy atom. The van der Waals surface area contributed by atoms with E-state index in [1.165, 1.54) is 11.1 Å². The number of carbonyl (C=O) groups is 4. The highest BCUT2D eigenvalue weighted by Gasteiger charge is 2.29. The van der Waals surface area contributed by atoms with Gasteiger partial charge in [0.2, 0.25) is 0 Å². The van der Waals surface area contributed by atoms with E-state index in [-0.39, 0.29) is 25.0 Å². The Kier molecular flexibility index (Phi) is 18.5. The second-order valence-corrected chi connectivity index (χ2v) is 8.07. The fraction of sp³-hybridized carbons (Fsp3) is 0.385. The van der Waals surface area contributed by atoms with E-state index < -0.39 is 24.1 Å². The number of ether oxygens (including phenoxy) is 2. The summed E-state index contributed by atoms with van der Waals surface area (Å²) < 4.78 is 10.4. The molecule has 2 atom stereocenters. The van der Waals surface area contributed by atoms with E-state index in [1.807, 2.05) is 59.4 Å². The molecule has 0 spiro atoms. The molecule has 0 saturated carbocycles. The van der Waals surface area contributed by atoms with Crippen LogP contribution in [0.5, 0.6) is 11.5 Å². The third kappa shape index (κ3) is 15.9. The molecule has 14 heteroatoms. The zero-order valence-electron chi connectivity index (χ0n) is 22.4. The third-order valence-corrected chi connectivity index (χ3v) is 4.79. The first kappa shape index (κ1) is 35.8. The second-order valence-electron chi connectivity index (χ2n) is 8.07. The van der Waals surface area contributed by atoms with Crippen LogP contribution in [0.2, 0.25) is 0 Å². The van der Waals surface area contributed by atoms with Gasteiger partial charge in [-0.25, -0.2) is 21.3 Å². The number of carboxylic acids is 2. The van der Waals surface area contributed by atoms with Crippen LogP contribution in [0, 0.1) is 0 Å². The molecule has 0 saturated heterocycles. The number of hydrogen-bond acceptors (Lipinski definition) is 10. The molecule has 10 N–H and O–H groups in total. The molecule has 0 fully saturated rings. The van der Waals surface area contributed by atoms with Crippen molar-refractivity contribution in [3.8, 4) is 11.5 Å². The van der Waals surface area contributed by atoms with Crippen molar-refractivity contribution < 1.29 is 49.1 Å². The fourth-order valence-corrected chi connectivity index (χ4v) is 2.73. The lowest BCUT2D eigenvalue weighted by molar-refractivity contribution is -0.165. The summed E-state index contributed by atoms with van der Waals surface area (Å²) in [4.78, 5) is 41.1. The maximum Gasteiger partial charge on any atom is 0.335 e. The molecule has 2 aromatic rings. The molecule has 0 radical (unpaired) electrons. The number of aliphatic carboxylic acids is 2. The topological polar surface area (TPSA) is 244 Å². The molecule has 0 aliphatic heterocycles. The number of rotatable bonds is 13. The van der Waals surface area contributed by atoms with Crippen molar-refractivity contribution in [2.45, 2.75) is 51.7 Å². The maximum absolute atomic E-state index is 10.8. The SMILES string of the molecule is CCCc1ccc(OCC(=O)NN)cc1.CCCc1ccc(OCC(=O)NN)cc1.O=C(O)C(O)C(O)C(=O)O. The Hall–Kier alpha value is -4.24. The van der Waals surface area contributed by atoms with Crippen molar-refractivity contribution in [1.29, 1.82) is 0 Å². The van der Waals surface area contributed by atoms with Crippen LogP contribution >= 0.6 is 0 Å². The van der Waals surface area contributed by atoms with Gasteiger partial charge in [0.05, 0.1) is 0 Å². The van der Waals surface area contributed by atoms with E-state index in [9.17, 15) is 19.2 Å². The number of amides is 2. The average Bonchev–Trinajstić information content (AvgIpc) is 2.96.